The van der Waals surface area contributed by atoms with E-state index in [-0.39, 0.29) is 30.4 Å². The van der Waals surface area contributed by atoms with Gasteiger partial charge in [0.05, 0.1) is 32.0 Å². The first-order valence-corrected chi connectivity index (χ1v) is 5.99. The third kappa shape index (κ3) is 4.05. The van der Waals surface area contributed by atoms with Crippen LogP contribution in [0.25, 0.3) is 0 Å². The van der Waals surface area contributed by atoms with Crippen molar-refractivity contribution in [3.8, 4) is 0 Å². The van der Waals surface area contributed by atoms with Gasteiger partial charge in [-0.25, -0.2) is 0 Å². The first-order chi connectivity index (χ1) is 7.47. The van der Waals surface area contributed by atoms with Gasteiger partial charge >= 0.3 is 0 Å². The van der Waals surface area contributed by atoms with Gasteiger partial charge in [0.15, 0.2) is 0 Å². The molecule has 1 N–H and O–H groups in total. The van der Waals surface area contributed by atoms with Gasteiger partial charge in [0.25, 0.3) is 0 Å². The van der Waals surface area contributed by atoms with Crippen LogP contribution in [0.4, 0.5) is 0 Å². The zero-order valence-corrected chi connectivity index (χ0v) is 10.7. The molecule has 16 heavy (non-hydrogen) atoms. The summed E-state index contributed by atoms with van der Waals surface area (Å²) in [4.78, 5) is 0. The molecule has 94 valence electrons. The molecule has 1 heterocycles. The molecule has 0 aromatic heterocycles. The molecule has 0 bridgehead atoms. The summed E-state index contributed by atoms with van der Waals surface area (Å²) in [5.41, 5.74) is -0.383. The standard InChI is InChI=1S/C11H23BO4/c1-8(2)14-6-11(16-10(12)5-13)4-9(3)15-7-11/h8-10,13H,4-7,12H2,1-3H3/t9?,10-,11+/m1/s1. The van der Waals surface area contributed by atoms with Gasteiger partial charge < -0.3 is 19.3 Å². The second-order valence-corrected chi connectivity index (χ2v) is 4.98. The Morgan fingerprint density at radius 2 is 2.25 bits per heavy atom. The quantitative estimate of drug-likeness (QED) is 0.649. The van der Waals surface area contributed by atoms with E-state index in [9.17, 15) is 0 Å². The lowest BCUT2D eigenvalue weighted by Gasteiger charge is -2.31. The van der Waals surface area contributed by atoms with Gasteiger partial charge in [0.2, 0.25) is 0 Å². The predicted molar refractivity (Wildman–Crippen MR) is 64.4 cm³/mol. The molecule has 3 atom stereocenters. The summed E-state index contributed by atoms with van der Waals surface area (Å²) in [6.07, 6.45) is 1.20. The summed E-state index contributed by atoms with van der Waals surface area (Å²) in [6.45, 7) is 7.14. The van der Waals surface area contributed by atoms with E-state index in [4.69, 9.17) is 19.3 Å². The van der Waals surface area contributed by atoms with Crippen LogP contribution < -0.4 is 0 Å². The van der Waals surface area contributed by atoms with Gasteiger partial charge in [-0.15, -0.1) is 0 Å². The van der Waals surface area contributed by atoms with Gasteiger partial charge in [-0.05, 0) is 20.8 Å². The molecular formula is C11H23BO4. The Kier molecular flexibility index (Phi) is 5.24. The van der Waals surface area contributed by atoms with Crippen molar-refractivity contribution in [1.82, 2.24) is 0 Å². The number of rotatable bonds is 6. The smallest absolute Gasteiger partial charge is 0.142 e. The SMILES string of the molecule is B[C@@H](CO)O[C@@]1(COC(C)C)COC(C)C1. The topological polar surface area (TPSA) is 47.9 Å². The largest absolute Gasteiger partial charge is 0.394 e. The molecule has 0 saturated carbocycles. The van der Waals surface area contributed by atoms with Crippen molar-refractivity contribution in [2.24, 2.45) is 0 Å². The molecule has 1 rings (SSSR count). The van der Waals surface area contributed by atoms with Crippen LogP contribution in [0, 0.1) is 0 Å². The first-order valence-electron chi connectivity index (χ1n) is 5.99. The van der Waals surface area contributed by atoms with Crippen molar-refractivity contribution < 1.29 is 19.3 Å². The van der Waals surface area contributed by atoms with Gasteiger partial charge in [0.1, 0.15) is 13.4 Å². The Bertz CT molecular complexity index is 212. The van der Waals surface area contributed by atoms with Crippen LogP contribution in [0.2, 0.25) is 0 Å². The first kappa shape index (κ1) is 14.0. The highest BCUT2D eigenvalue weighted by Gasteiger charge is 2.41. The summed E-state index contributed by atoms with van der Waals surface area (Å²) in [6, 6.07) is -0.176. The van der Waals surface area contributed by atoms with Gasteiger partial charge in [-0.3, -0.25) is 0 Å². The van der Waals surface area contributed by atoms with Crippen LogP contribution >= 0.6 is 0 Å². The predicted octanol–water partition coefficient (Wildman–Crippen LogP) is -0.0729. The molecule has 0 aromatic rings. The van der Waals surface area contributed by atoms with E-state index in [1.165, 1.54) is 0 Å². The summed E-state index contributed by atoms with van der Waals surface area (Å²) in [5, 5.41) is 9.05. The Morgan fingerprint density at radius 3 is 2.69 bits per heavy atom. The monoisotopic (exact) mass is 230 g/mol. The molecule has 1 aliphatic rings. The second kappa shape index (κ2) is 6.01. The zero-order valence-electron chi connectivity index (χ0n) is 10.7. The number of hydrogen-bond acceptors (Lipinski definition) is 4. The van der Waals surface area contributed by atoms with E-state index in [0.29, 0.717) is 13.2 Å². The number of aliphatic hydroxyl groups excluding tert-OH is 1. The minimum Gasteiger partial charge on any atom is -0.394 e. The lowest BCUT2D eigenvalue weighted by Crippen LogP contribution is -2.44. The third-order valence-electron chi connectivity index (χ3n) is 2.68. The van der Waals surface area contributed by atoms with Gasteiger partial charge in [-0.2, -0.15) is 0 Å². The maximum atomic E-state index is 9.05. The zero-order chi connectivity index (χ0) is 12.2. The maximum Gasteiger partial charge on any atom is 0.142 e. The van der Waals surface area contributed by atoms with Crippen molar-refractivity contribution in [2.75, 3.05) is 19.8 Å². The highest BCUT2D eigenvalue weighted by molar-refractivity contribution is 6.11. The average molecular weight is 230 g/mol. The number of aliphatic hydroxyl groups is 1. The van der Waals surface area contributed by atoms with E-state index in [0.717, 1.165) is 6.42 Å². The summed E-state index contributed by atoms with van der Waals surface area (Å²) in [5.74, 6) is 0. The molecule has 4 nitrogen and oxygen atoms in total. The molecule has 1 aliphatic heterocycles. The fraction of sp³-hybridized carbons (Fsp3) is 1.00. The average Bonchev–Trinajstić information content (AvgIpc) is 2.58. The van der Waals surface area contributed by atoms with E-state index in [2.05, 4.69) is 0 Å². The van der Waals surface area contributed by atoms with Crippen LogP contribution in [-0.2, 0) is 14.2 Å². The molecular weight excluding hydrogens is 207 g/mol. The molecule has 1 unspecified atom stereocenters. The maximum absolute atomic E-state index is 9.05. The van der Waals surface area contributed by atoms with Crippen LogP contribution in [0.5, 0.6) is 0 Å². The Hall–Kier alpha value is -0.0951. The summed E-state index contributed by atoms with van der Waals surface area (Å²) in [7, 11) is 1.86. The van der Waals surface area contributed by atoms with Crippen molar-refractivity contribution in [2.45, 2.75) is 51.0 Å². The molecule has 0 aromatic carbocycles. The molecule has 0 spiro atoms. The van der Waals surface area contributed by atoms with E-state index >= 15 is 0 Å². The van der Waals surface area contributed by atoms with E-state index in [1.54, 1.807) is 0 Å². The van der Waals surface area contributed by atoms with E-state index < -0.39 is 0 Å². The van der Waals surface area contributed by atoms with Crippen molar-refractivity contribution in [1.29, 1.82) is 0 Å². The van der Waals surface area contributed by atoms with Crippen molar-refractivity contribution >= 4 is 7.85 Å². The van der Waals surface area contributed by atoms with Crippen LogP contribution in [-0.4, -0.2) is 56.6 Å². The summed E-state index contributed by atoms with van der Waals surface area (Å²) < 4.78 is 17.1. The molecule has 0 aliphatic carbocycles. The van der Waals surface area contributed by atoms with Crippen molar-refractivity contribution in [3.63, 3.8) is 0 Å². The molecule has 0 amide bonds. The second-order valence-electron chi connectivity index (χ2n) is 4.98. The number of hydrogen-bond donors (Lipinski definition) is 1. The summed E-state index contributed by atoms with van der Waals surface area (Å²) >= 11 is 0. The highest BCUT2D eigenvalue weighted by Crippen LogP contribution is 2.29. The van der Waals surface area contributed by atoms with Crippen LogP contribution in [0.1, 0.15) is 27.2 Å². The van der Waals surface area contributed by atoms with Crippen LogP contribution in [0.15, 0.2) is 0 Å². The molecule has 1 saturated heterocycles. The number of ether oxygens (including phenoxy) is 3. The minimum atomic E-state index is -0.383. The lowest BCUT2D eigenvalue weighted by atomic mass is 9.96. The Balaban J connectivity index is 2.54. The van der Waals surface area contributed by atoms with Crippen molar-refractivity contribution in [3.05, 3.63) is 0 Å². The normalized spacial score (nSPS) is 32.2. The fourth-order valence-corrected chi connectivity index (χ4v) is 1.94. The van der Waals surface area contributed by atoms with Crippen LogP contribution in [0.3, 0.4) is 0 Å². The third-order valence-corrected chi connectivity index (χ3v) is 2.68. The molecule has 5 heteroatoms. The molecule has 0 radical (unpaired) electrons. The minimum absolute atomic E-state index is 0.0256. The van der Waals surface area contributed by atoms with Gasteiger partial charge in [0, 0.05) is 12.4 Å². The van der Waals surface area contributed by atoms with E-state index in [1.807, 2.05) is 28.6 Å². The lowest BCUT2D eigenvalue weighted by molar-refractivity contribution is -0.128. The van der Waals surface area contributed by atoms with Gasteiger partial charge in [-0.1, -0.05) is 0 Å². The molecule has 1 fully saturated rings. The fourth-order valence-electron chi connectivity index (χ4n) is 1.94. The Labute approximate surface area is 98.7 Å². The highest BCUT2D eigenvalue weighted by atomic mass is 16.6. The Morgan fingerprint density at radius 1 is 1.56 bits per heavy atom.